The number of rotatable bonds is 5. The Labute approximate surface area is 146 Å². The molecule has 0 saturated carbocycles. The van der Waals surface area contributed by atoms with Crippen molar-refractivity contribution in [3.63, 3.8) is 0 Å². The lowest BCUT2D eigenvalue weighted by molar-refractivity contribution is 0.0877. The van der Waals surface area contributed by atoms with Gasteiger partial charge in [0.1, 0.15) is 0 Å². The minimum Gasteiger partial charge on any atom is -0.289 e. The molecule has 1 heteroatoms. The zero-order valence-corrected chi connectivity index (χ0v) is 14.4. The highest BCUT2D eigenvalue weighted by molar-refractivity contribution is 5.22. The van der Waals surface area contributed by atoms with Crippen LogP contribution in [0.4, 0.5) is 0 Å². The average Bonchev–Trinajstić information content (AvgIpc) is 2.62. The van der Waals surface area contributed by atoms with Crippen LogP contribution in [0, 0.1) is 0 Å². The van der Waals surface area contributed by atoms with E-state index in [-0.39, 0.29) is 0 Å². The zero-order valence-electron chi connectivity index (χ0n) is 14.4. The summed E-state index contributed by atoms with van der Waals surface area (Å²) >= 11 is 0. The highest BCUT2D eigenvalue weighted by atomic mass is 15.2. The van der Waals surface area contributed by atoms with Crippen LogP contribution < -0.4 is 0 Å². The van der Waals surface area contributed by atoms with E-state index in [1.807, 2.05) is 0 Å². The normalized spacial score (nSPS) is 23.8. The highest BCUT2D eigenvalue weighted by Gasteiger charge is 2.33. The smallest absolute Gasteiger partial charge is 0.0287 e. The van der Waals surface area contributed by atoms with E-state index in [4.69, 9.17) is 0 Å². The first-order chi connectivity index (χ1) is 11.9. The van der Waals surface area contributed by atoms with Crippen molar-refractivity contribution in [2.45, 2.75) is 57.2 Å². The average molecular weight is 317 g/mol. The molecule has 0 aromatic heterocycles. The van der Waals surface area contributed by atoms with Gasteiger partial charge in [0.15, 0.2) is 0 Å². The van der Waals surface area contributed by atoms with E-state index in [2.05, 4.69) is 71.6 Å². The molecule has 4 rings (SSSR count). The Kier molecular flexibility index (Phi) is 4.80. The maximum absolute atomic E-state index is 2.75. The third kappa shape index (κ3) is 3.62. The second-order valence-corrected chi connectivity index (χ2v) is 7.32. The fourth-order valence-corrected chi connectivity index (χ4v) is 4.38. The number of benzene rings is 2. The molecular weight excluding hydrogens is 290 g/mol. The van der Waals surface area contributed by atoms with E-state index in [0.29, 0.717) is 6.04 Å². The van der Waals surface area contributed by atoms with Gasteiger partial charge in [-0.15, -0.1) is 0 Å². The van der Waals surface area contributed by atoms with Gasteiger partial charge in [-0.05, 0) is 43.2 Å². The predicted molar refractivity (Wildman–Crippen MR) is 101 cm³/mol. The largest absolute Gasteiger partial charge is 0.289 e. The summed E-state index contributed by atoms with van der Waals surface area (Å²) in [6.45, 7) is 1.11. The van der Waals surface area contributed by atoms with Crippen LogP contribution in [0.2, 0.25) is 0 Å². The maximum Gasteiger partial charge on any atom is 0.0287 e. The van der Waals surface area contributed by atoms with E-state index < -0.39 is 0 Å². The number of hydrogen-bond donors (Lipinski definition) is 0. The molecule has 2 atom stereocenters. The van der Waals surface area contributed by atoms with E-state index in [1.54, 1.807) is 5.57 Å². The molecule has 0 spiro atoms. The summed E-state index contributed by atoms with van der Waals surface area (Å²) in [6.07, 6.45) is 10.4. The second-order valence-electron chi connectivity index (χ2n) is 7.32. The van der Waals surface area contributed by atoms with Gasteiger partial charge in [-0.3, -0.25) is 4.90 Å². The number of fused-ring (bicyclic) bond motifs is 2. The molecular formula is C23H27N. The van der Waals surface area contributed by atoms with Gasteiger partial charge in [0.05, 0.1) is 0 Å². The summed E-state index contributed by atoms with van der Waals surface area (Å²) in [6, 6.07) is 23.3. The molecule has 2 bridgehead atoms. The van der Waals surface area contributed by atoms with E-state index >= 15 is 0 Å². The lowest BCUT2D eigenvalue weighted by atomic mass is 9.83. The second kappa shape index (κ2) is 7.36. The molecule has 1 fully saturated rings. The van der Waals surface area contributed by atoms with Crippen molar-refractivity contribution in [2.24, 2.45) is 0 Å². The first-order valence-corrected chi connectivity index (χ1v) is 9.41. The lowest BCUT2D eigenvalue weighted by Gasteiger charge is -2.45. The van der Waals surface area contributed by atoms with Crippen LogP contribution >= 0.6 is 0 Å². The van der Waals surface area contributed by atoms with Gasteiger partial charge in [0, 0.05) is 18.6 Å². The third-order valence-corrected chi connectivity index (χ3v) is 5.64. The first-order valence-electron chi connectivity index (χ1n) is 9.41. The molecule has 2 aromatic rings. The number of aryl methyl sites for hydroxylation is 1. The quantitative estimate of drug-likeness (QED) is 0.670. The van der Waals surface area contributed by atoms with Crippen molar-refractivity contribution >= 4 is 0 Å². The lowest BCUT2D eigenvalue weighted by Crippen LogP contribution is -2.48. The molecule has 2 aromatic carbocycles. The maximum atomic E-state index is 2.75. The van der Waals surface area contributed by atoms with Gasteiger partial charge in [-0.25, -0.2) is 0 Å². The number of nitrogens with zero attached hydrogens (tertiary/aromatic N) is 1. The molecule has 2 unspecified atom stereocenters. The summed E-state index contributed by atoms with van der Waals surface area (Å²) in [5, 5.41) is 0. The van der Waals surface area contributed by atoms with Crippen molar-refractivity contribution in [1.82, 2.24) is 4.90 Å². The monoisotopic (exact) mass is 317 g/mol. The van der Waals surface area contributed by atoms with Crippen LogP contribution in [-0.2, 0) is 13.0 Å². The van der Waals surface area contributed by atoms with Crippen LogP contribution in [0.1, 0.15) is 43.2 Å². The molecule has 0 radical (unpaired) electrons. The summed E-state index contributed by atoms with van der Waals surface area (Å²) in [5.41, 5.74) is 4.61. The van der Waals surface area contributed by atoms with Gasteiger partial charge in [0.2, 0.25) is 0 Å². The fourth-order valence-electron chi connectivity index (χ4n) is 4.38. The summed E-state index contributed by atoms with van der Waals surface area (Å²) in [7, 11) is 0. The molecule has 24 heavy (non-hydrogen) atoms. The summed E-state index contributed by atoms with van der Waals surface area (Å²) in [5.74, 6) is 0. The van der Waals surface area contributed by atoms with E-state index in [9.17, 15) is 0 Å². The van der Waals surface area contributed by atoms with Gasteiger partial charge >= 0.3 is 0 Å². The van der Waals surface area contributed by atoms with Crippen LogP contribution in [-0.4, -0.2) is 17.0 Å². The van der Waals surface area contributed by atoms with Crippen molar-refractivity contribution in [3.05, 3.63) is 83.4 Å². The zero-order chi connectivity index (χ0) is 16.2. The molecule has 2 aliphatic heterocycles. The summed E-state index contributed by atoms with van der Waals surface area (Å²) < 4.78 is 0. The highest BCUT2D eigenvalue weighted by Crippen LogP contribution is 2.35. The Morgan fingerprint density at radius 1 is 0.792 bits per heavy atom. The predicted octanol–water partition coefficient (Wildman–Crippen LogP) is 5.37. The van der Waals surface area contributed by atoms with Crippen molar-refractivity contribution in [2.75, 3.05) is 0 Å². The minimum absolute atomic E-state index is 0.656. The van der Waals surface area contributed by atoms with Gasteiger partial charge in [-0.2, -0.15) is 0 Å². The third-order valence-electron chi connectivity index (χ3n) is 5.64. The van der Waals surface area contributed by atoms with E-state index in [0.717, 1.165) is 12.6 Å². The number of piperidine rings is 1. The van der Waals surface area contributed by atoms with Crippen LogP contribution in [0.3, 0.4) is 0 Å². The molecule has 1 nitrogen and oxygen atoms in total. The molecule has 2 aliphatic rings. The van der Waals surface area contributed by atoms with Gasteiger partial charge < -0.3 is 0 Å². The standard InChI is InChI=1S/C23H27N/c1-3-8-19(9-4-1)14-15-21-16-22-12-7-13-23(17-21)24(22)18-20-10-5-2-6-11-20/h1-6,8-11,16,22-23H,7,12-15,17-18H2. The topological polar surface area (TPSA) is 3.24 Å². The summed E-state index contributed by atoms with van der Waals surface area (Å²) in [4.78, 5) is 2.75. The van der Waals surface area contributed by atoms with Crippen molar-refractivity contribution < 1.29 is 0 Å². The molecule has 1 saturated heterocycles. The van der Waals surface area contributed by atoms with E-state index in [1.165, 1.54) is 49.7 Å². The van der Waals surface area contributed by atoms with Gasteiger partial charge in [0.25, 0.3) is 0 Å². The molecule has 0 N–H and O–H groups in total. The van der Waals surface area contributed by atoms with Crippen LogP contribution in [0.15, 0.2) is 72.3 Å². The molecule has 0 amide bonds. The molecule has 0 aliphatic carbocycles. The fraction of sp³-hybridized carbons (Fsp3) is 0.391. The van der Waals surface area contributed by atoms with Crippen molar-refractivity contribution in [1.29, 1.82) is 0 Å². The Morgan fingerprint density at radius 2 is 1.50 bits per heavy atom. The molecule has 124 valence electrons. The Morgan fingerprint density at radius 3 is 2.21 bits per heavy atom. The number of hydrogen-bond acceptors (Lipinski definition) is 1. The van der Waals surface area contributed by atoms with Crippen molar-refractivity contribution in [3.8, 4) is 0 Å². The SMILES string of the molecule is C1=C(CCc2ccccc2)CC2CCCC1N2Cc1ccccc1. The first kappa shape index (κ1) is 15.7. The van der Waals surface area contributed by atoms with Crippen LogP contribution in [0.25, 0.3) is 0 Å². The van der Waals surface area contributed by atoms with Gasteiger partial charge in [-0.1, -0.05) is 78.7 Å². The Bertz CT molecular complexity index is 674. The Balaban J connectivity index is 1.44. The minimum atomic E-state index is 0.656. The Hall–Kier alpha value is -1.86. The molecule has 2 heterocycles. The van der Waals surface area contributed by atoms with Crippen LogP contribution in [0.5, 0.6) is 0 Å².